The van der Waals surface area contributed by atoms with Gasteiger partial charge in [0.15, 0.2) is 0 Å². The van der Waals surface area contributed by atoms with Crippen molar-refractivity contribution in [2.24, 2.45) is 0 Å². The van der Waals surface area contributed by atoms with Crippen molar-refractivity contribution in [2.75, 3.05) is 25.1 Å². The number of halogens is 3. The third-order valence-electron chi connectivity index (χ3n) is 2.12. The molecule has 21 heavy (non-hydrogen) atoms. The van der Waals surface area contributed by atoms with Gasteiger partial charge in [0, 0.05) is 6.20 Å². The van der Waals surface area contributed by atoms with Crippen molar-refractivity contribution in [1.82, 2.24) is 15.3 Å². The van der Waals surface area contributed by atoms with Gasteiger partial charge in [0.2, 0.25) is 0 Å². The molecule has 1 heterocycles. The van der Waals surface area contributed by atoms with Crippen molar-refractivity contribution in [1.29, 1.82) is 0 Å². The topological polar surface area (TPSA) is 94.6 Å². The van der Waals surface area contributed by atoms with Gasteiger partial charge in [-0.05, 0) is 12.1 Å². The number of amides is 1. The zero-order chi connectivity index (χ0) is 15.9. The number of rotatable bonds is 7. The molecule has 7 nitrogen and oxygen atoms in total. The Morgan fingerprint density at radius 1 is 1.29 bits per heavy atom. The number of hydrazine groups is 1. The second kappa shape index (κ2) is 7.43. The van der Waals surface area contributed by atoms with Crippen LogP contribution in [0.15, 0.2) is 24.4 Å². The first kappa shape index (κ1) is 16.7. The van der Waals surface area contributed by atoms with E-state index < -0.39 is 37.7 Å². The molecule has 3 N–H and O–H groups in total. The Bertz CT molecular complexity index is 481. The predicted molar refractivity (Wildman–Crippen MR) is 66.1 cm³/mol. The molecule has 0 saturated carbocycles. The van der Waals surface area contributed by atoms with Gasteiger partial charge in [-0.25, -0.2) is 4.98 Å². The fourth-order valence-electron chi connectivity index (χ4n) is 1.43. The Kier molecular flexibility index (Phi) is 5.91. The molecule has 0 saturated heterocycles. The summed E-state index contributed by atoms with van der Waals surface area (Å²) in [6.45, 7) is -3.10. The van der Waals surface area contributed by atoms with Gasteiger partial charge >= 0.3 is 12.1 Å². The largest absolute Gasteiger partial charge is 0.480 e. The minimum atomic E-state index is -4.59. The number of nitrogens with one attached hydrogen (secondary N) is 2. The van der Waals surface area contributed by atoms with E-state index in [2.05, 4.69) is 15.8 Å². The minimum Gasteiger partial charge on any atom is -0.480 e. The highest BCUT2D eigenvalue weighted by molar-refractivity contribution is 5.80. The molecule has 0 aromatic carbocycles. The number of hydrogen-bond donors (Lipinski definition) is 3. The van der Waals surface area contributed by atoms with Crippen LogP contribution in [0.3, 0.4) is 0 Å². The maximum Gasteiger partial charge on any atom is 0.401 e. The van der Waals surface area contributed by atoms with Crippen LogP contribution in [-0.4, -0.2) is 52.7 Å². The van der Waals surface area contributed by atoms with E-state index in [0.29, 0.717) is 10.7 Å². The van der Waals surface area contributed by atoms with Crippen LogP contribution in [0.5, 0.6) is 0 Å². The number of nitrogens with zero attached hydrogens (tertiary/aromatic N) is 2. The van der Waals surface area contributed by atoms with E-state index in [4.69, 9.17) is 5.11 Å². The van der Waals surface area contributed by atoms with Crippen molar-refractivity contribution in [2.45, 2.75) is 6.18 Å². The SMILES string of the molecule is O=C(O)CN(CC(=O)NNc1ccccn1)CC(F)(F)F. The predicted octanol–water partition coefficient (Wildman–Crippen LogP) is 0.474. The number of aromatic nitrogens is 1. The maximum absolute atomic E-state index is 12.3. The molecule has 0 unspecified atom stereocenters. The monoisotopic (exact) mass is 306 g/mol. The molecular weight excluding hydrogens is 293 g/mol. The Morgan fingerprint density at radius 2 is 2.00 bits per heavy atom. The van der Waals surface area contributed by atoms with Crippen LogP contribution in [0.25, 0.3) is 0 Å². The number of anilines is 1. The van der Waals surface area contributed by atoms with Crippen LogP contribution in [0.4, 0.5) is 19.0 Å². The van der Waals surface area contributed by atoms with Gasteiger partial charge in [0.05, 0.1) is 19.6 Å². The van der Waals surface area contributed by atoms with Gasteiger partial charge < -0.3 is 5.11 Å². The van der Waals surface area contributed by atoms with Gasteiger partial charge in [-0.15, -0.1) is 0 Å². The summed E-state index contributed by atoms with van der Waals surface area (Å²) in [4.78, 5) is 26.3. The van der Waals surface area contributed by atoms with Crippen molar-refractivity contribution >= 4 is 17.7 Å². The zero-order valence-electron chi connectivity index (χ0n) is 10.7. The number of aliphatic carboxylic acids is 1. The molecule has 0 spiro atoms. The smallest absolute Gasteiger partial charge is 0.401 e. The molecule has 0 bridgehead atoms. The van der Waals surface area contributed by atoms with Crippen LogP contribution < -0.4 is 10.9 Å². The van der Waals surface area contributed by atoms with Gasteiger partial charge in [-0.3, -0.25) is 25.3 Å². The number of hydrogen-bond acceptors (Lipinski definition) is 5. The average Bonchev–Trinajstić information content (AvgIpc) is 2.34. The molecule has 0 atom stereocenters. The number of carboxylic acids is 1. The van der Waals surface area contributed by atoms with E-state index in [1.807, 2.05) is 0 Å². The summed E-state index contributed by atoms with van der Waals surface area (Å²) >= 11 is 0. The molecule has 0 aliphatic heterocycles. The van der Waals surface area contributed by atoms with E-state index in [0.717, 1.165) is 0 Å². The molecule has 10 heteroatoms. The standard InChI is InChI=1S/C11H13F3N4O3/c12-11(13,14)7-18(6-10(20)21)5-9(19)17-16-8-3-1-2-4-15-8/h1-4H,5-7H2,(H,15,16)(H,17,19)(H,20,21). The highest BCUT2D eigenvalue weighted by atomic mass is 19.4. The van der Waals surface area contributed by atoms with Gasteiger partial charge in [-0.1, -0.05) is 6.07 Å². The number of carboxylic acid groups (broad SMARTS) is 1. The number of carbonyl (C=O) groups is 2. The van der Waals surface area contributed by atoms with Crippen molar-refractivity contribution in [3.8, 4) is 0 Å². The molecule has 1 rings (SSSR count). The first-order valence-corrected chi connectivity index (χ1v) is 5.73. The summed E-state index contributed by atoms with van der Waals surface area (Å²) in [7, 11) is 0. The third kappa shape index (κ3) is 7.72. The zero-order valence-corrected chi connectivity index (χ0v) is 10.7. The Balaban J connectivity index is 2.49. The summed E-state index contributed by atoms with van der Waals surface area (Å²) in [6.07, 6.45) is -3.14. The lowest BCUT2D eigenvalue weighted by atomic mass is 10.4. The number of pyridine rings is 1. The van der Waals surface area contributed by atoms with E-state index in [9.17, 15) is 22.8 Å². The minimum absolute atomic E-state index is 0.298. The van der Waals surface area contributed by atoms with E-state index >= 15 is 0 Å². The summed E-state index contributed by atoms with van der Waals surface area (Å²) in [5.41, 5.74) is 4.53. The highest BCUT2D eigenvalue weighted by Gasteiger charge is 2.32. The van der Waals surface area contributed by atoms with Crippen LogP contribution in [0, 0.1) is 0 Å². The molecule has 1 amide bonds. The van der Waals surface area contributed by atoms with Crippen LogP contribution in [0.1, 0.15) is 0 Å². The first-order valence-electron chi connectivity index (χ1n) is 5.73. The molecule has 0 radical (unpaired) electrons. The van der Waals surface area contributed by atoms with Crippen molar-refractivity contribution in [3.63, 3.8) is 0 Å². The Morgan fingerprint density at radius 3 is 2.52 bits per heavy atom. The Labute approximate surface area is 117 Å². The second-order valence-corrected chi connectivity index (χ2v) is 4.04. The first-order chi connectivity index (χ1) is 9.76. The molecule has 0 fully saturated rings. The summed E-state index contributed by atoms with van der Waals surface area (Å²) in [5, 5.41) is 8.54. The summed E-state index contributed by atoms with van der Waals surface area (Å²) in [5.74, 6) is -1.97. The fourth-order valence-corrected chi connectivity index (χ4v) is 1.43. The van der Waals surface area contributed by atoms with Gasteiger partial charge in [-0.2, -0.15) is 13.2 Å². The summed E-state index contributed by atoms with van der Waals surface area (Å²) in [6, 6.07) is 4.82. The average molecular weight is 306 g/mol. The summed E-state index contributed by atoms with van der Waals surface area (Å²) < 4.78 is 36.8. The maximum atomic E-state index is 12.3. The molecule has 116 valence electrons. The van der Waals surface area contributed by atoms with E-state index in [1.165, 1.54) is 12.3 Å². The molecular formula is C11H13F3N4O3. The quantitative estimate of drug-likeness (QED) is 0.634. The molecule has 1 aromatic rings. The third-order valence-corrected chi connectivity index (χ3v) is 2.12. The second-order valence-electron chi connectivity index (χ2n) is 4.04. The number of alkyl halides is 3. The lowest BCUT2D eigenvalue weighted by Gasteiger charge is -2.21. The van der Waals surface area contributed by atoms with Gasteiger partial charge in [0.25, 0.3) is 5.91 Å². The highest BCUT2D eigenvalue weighted by Crippen LogP contribution is 2.16. The molecule has 0 aliphatic carbocycles. The van der Waals surface area contributed by atoms with Crippen LogP contribution in [-0.2, 0) is 9.59 Å². The molecule has 0 aliphatic rings. The van der Waals surface area contributed by atoms with Crippen LogP contribution in [0.2, 0.25) is 0 Å². The Hall–Kier alpha value is -2.36. The molecule has 1 aromatic heterocycles. The lowest BCUT2D eigenvalue weighted by molar-refractivity contribution is -0.155. The van der Waals surface area contributed by atoms with Crippen molar-refractivity contribution < 1.29 is 27.9 Å². The number of carbonyl (C=O) groups excluding carboxylic acids is 1. The normalized spacial score (nSPS) is 11.2. The van der Waals surface area contributed by atoms with Gasteiger partial charge in [0.1, 0.15) is 5.82 Å². The van der Waals surface area contributed by atoms with Crippen molar-refractivity contribution in [3.05, 3.63) is 24.4 Å². The lowest BCUT2D eigenvalue weighted by Crippen LogP contribution is -2.45. The van der Waals surface area contributed by atoms with Crippen LogP contribution >= 0.6 is 0 Å². The fraction of sp³-hybridized carbons (Fsp3) is 0.364. The van der Waals surface area contributed by atoms with E-state index in [1.54, 1.807) is 12.1 Å². The van der Waals surface area contributed by atoms with E-state index in [-0.39, 0.29) is 0 Å².